The molecule has 0 saturated heterocycles. The molecule has 1 unspecified atom stereocenters. The van der Waals surface area contributed by atoms with E-state index in [0.29, 0.717) is 4.88 Å². The Balaban J connectivity index is 2.27. The zero-order chi connectivity index (χ0) is 15.2. The van der Waals surface area contributed by atoms with Crippen LogP contribution < -0.4 is 5.32 Å². The van der Waals surface area contributed by atoms with E-state index in [4.69, 9.17) is 0 Å². The Morgan fingerprint density at radius 2 is 1.76 bits per heavy atom. The van der Waals surface area contributed by atoms with E-state index in [1.165, 1.54) is 29.5 Å². The van der Waals surface area contributed by atoms with E-state index in [1.54, 1.807) is 0 Å². The Labute approximate surface area is 129 Å². The SMILES string of the molecule is CCCNC(CCC)c1ccc(-c2c(F)cccc2F)s1. The van der Waals surface area contributed by atoms with Gasteiger partial charge in [0, 0.05) is 15.8 Å². The van der Waals surface area contributed by atoms with Gasteiger partial charge in [-0.3, -0.25) is 0 Å². The first-order valence-corrected chi connectivity index (χ1v) is 8.26. The van der Waals surface area contributed by atoms with Gasteiger partial charge in [0.2, 0.25) is 0 Å². The number of halogens is 2. The first-order valence-electron chi connectivity index (χ1n) is 7.44. The highest BCUT2D eigenvalue weighted by molar-refractivity contribution is 7.15. The van der Waals surface area contributed by atoms with Gasteiger partial charge in [0.05, 0.1) is 5.56 Å². The number of thiophene rings is 1. The number of benzene rings is 1. The van der Waals surface area contributed by atoms with Crippen molar-refractivity contribution in [2.45, 2.75) is 39.2 Å². The Bertz CT molecular complexity index is 560. The minimum absolute atomic E-state index is 0.0829. The summed E-state index contributed by atoms with van der Waals surface area (Å²) in [6.45, 7) is 5.22. The second kappa shape index (κ2) is 7.66. The second-order valence-electron chi connectivity index (χ2n) is 5.09. The molecule has 0 aliphatic rings. The molecule has 0 spiro atoms. The Morgan fingerprint density at radius 1 is 1.05 bits per heavy atom. The van der Waals surface area contributed by atoms with Gasteiger partial charge in [0.1, 0.15) is 11.6 Å². The Morgan fingerprint density at radius 3 is 2.38 bits per heavy atom. The largest absolute Gasteiger partial charge is 0.309 e. The van der Waals surface area contributed by atoms with Crippen LogP contribution in [0, 0.1) is 11.6 Å². The van der Waals surface area contributed by atoms with Gasteiger partial charge in [-0.05, 0) is 43.7 Å². The molecule has 0 aliphatic carbocycles. The van der Waals surface area contributed by atoms with E-state index in [0.717, 1.165) is 30.7 Å². The molecule has 0 aliphatic heterocycles. The zero-order valence-electron chi connectivity index (χ0n) is 12.5. The molecular formula is C17H21F2NS. The highest BCUT2D eigenvalue weighted by Gasteiger charge is 2.17. The normalized spacial score (nSPS) is 12.6. The van der Waals surface area contributed by atoms with Gasteiger partial charge in [-0.2, -0.15) is 0 Å². The lowest BCUT2D eigenvalue weighted by atomic mass is 10.1. The van der Waals surface area contributed by atoms with Crippen LogP contribution in [-0.4, -0.2) is 6.54 Å². The summed E-state index contributed by atoms with van der Waals surface area (Å²) in [6.07, 6.45) is 3.17. The summed E-state index contributed by atoms with van der Waals surface area (Å²) >= 11 is 1.47. The standard InChI is InChI=1S/C17H21F2NS/c1-3-6-14(20-11-4-2)15-9-10-16(21-15)17-12(18)7-5-8-13(17)19/h5,7-10,14,20H,3-4,6,11H2,1-2H3. The number of rotatable bonds is 7. The van der Waals surface area contributed by atoms with Crippen molar-refractivity contribution in [3.8, 4) is 10.4 Å². The molecule has 2 rings (SSSR count). The maximum atomic E-state index is 13.8. The van der Waals surface area contributed by atoms with E-state index < -0.39 is 11.6 Å². The monoisotopic (exact) mass is 309 g/mol. The van der Waals surface area contributed by atoms with Crippen LogP contribution in [0.5, 0.6) is 0 Å². The third kappa shape index (κ3) is 3.89. The van der Waals surface area contributed by atoms with Crippen molar-refractivity contribution in [1.29, 1.82) is 0 Å². The molecule has 1 heterocycles. The fourth-order valence-corrected chi connectivity index (χ4v) is 3.53. The van der Waals surface area contributed by atoms with Crippen LogP contribution in [0.3, 0.4) is 0 Å². The molecule has 2 aromatic rings. The van der Waals surface area contributed by atoms with Crippen molar-refractivity contribution >= 4 is 11.3 Å². The van der Waals surface area contributed by atoms with Crippen LogP contribution in [-0.2, 0) is 0 Å². The summed E-state index contributed by atoms with van der Waals surface area (Å²) in [5.74, 6) is -1.01. The molecule has 114 valence electrons. The maximum absolute atomic E-state index is 13.8. The predicted molar refractivity (Wildman–Crippen MR) is 85.6 cm³/mol. The number of hydrogen-bond acceptors (Lipinski definition) is 2. The van der Waals surface area contributed by atoms with Crippen LogP contribution >= 0.6 is 11.3 Å². The van der Waals surface area contributed by atoms with Crippen LogP contribution in [0.15, 0.2) is 30.3 Å². The lowest BCUT2D eigenvalue weighted by Crippen LogP contribution is -2.21. The average molecular weight is 309 g/mol. The van der Waals surface area contributed by atoms with Gasteiger partial charge < -0.3 is 5.32 Å². The quantitative estimate of drug-likeness (QED) is 0.708. The van der Waals surface area contributed by atoms with Crippen molar-refractivity contribution in [3.05, 3.63) is 46.8 Å². The molecule has 1 aromatic carbocycles. The summed E-state index contributed by atoms with van der Waals surface area (Å²) in [4.78, 5) is 1.79. The van der Waals surface area contributed by atoms with Gasteiger partial charge >= 0.3 is 0 Å². The van der Waals surface area contributed by atoms with Crippen molar-refractivity contribution in [3.63, 3.8) is 0 Å². The summed E-state index contributed by atoms with van der Waals surface area (Å²) in [6, 6.07) is 8.06. The van der Waals surface area contributed by atoms with Gasteiger partial charge in [-0.15, -0.1) is 11.3 Å². The summed E-state index contributed by atoms with van der Waals surface area (Å²) in [7, 11) is 0. The molecular weight excluding hydrogens is 288 g/mol. The molecule has 1 aromatic heterocycles. The molecule has 0 amide bonds. The fourth-order valence-electron chi connectivity index (χ4n) is 2.36. The first kappa shape index (κ1) is 16.1. The van der Waals surface area contributed by atoms with Gasteiger partial charge in [-0.25, -0.2) is 8.78 Å². The van der Waals surface area contributed by atoms with Crippen molar-refractivity contribution in [1.82, 2.24) is 5.32 Å². The summed E-state index contributed by atoms with van der Waals surface area (Å²) in [5, 5.41) is 3.50. The number of hydrogen-bond donors (Lipinski definition) is 1. The third-order valence-corrected chi connectivity index (χ3v) is 4.61. The molecule has 1 atom stereocenters. The summed E-state index contributed by atoms with van der Waals surface area (Å²) < 4.78 is 27.7. The topological polar surface area (TPSA) is 12.0 Å². The summed E-state index contributed by atoms with van der Waals surface area (Å²) in [5.41, 5.74) is 0.0829. The maximum Gasteiger partial charge on any atom is 0.134 e. The highest BCUT2D eigenvalue weighted by Crippen LogP contribution is 2.35. The molecule has 0 saturated carbocycles. The lowest BCUT2D eigenvalue weighted by molar-refractivity contribution is 0.501. The Kier molecular flexibility index (Phi) is 5.88. The van der Waals surface area contributed by atoms with Crippen LogP contribution in [0.2, 0.25) is 0 Å². The minimum Gasteiger partial charge on any atom is -0.309 e. The van der Waals surface area contributed by atoms with Crippen LogP contribution in [0.25, 0.3) is 10.4 Å². The van der Waals surface area contributed by atoms with Crippen molar-refractivity contribution in [2.24, 2.45) is 0 Å². The molecule has 4 heteroatoms. The van der Waals surface area contributed by atoms with E-state index in [2.05, 4.69) is 19.2 Å². The average Bonchev–Trinajstić information content (AvgIpc) is 2.92. The van der Waals surface area contributed by atoms with Crippen LogP contribution in [0.1, 0.15) is 44.0 Å². The van der Waals surface area contributed by atoms with Crippen LogP contribution in [0.4, 0.5) is 8.78 Å². The van der Waals surface area contributed by atoms with E-state index >= 15 is 0 Å². The van der Waals surface area contributed by atoms with Gasteiger partial charge in [-0.1, -0.05) is 26.3 Å². The van der Waals surface area contributed by atoms with Gasteiger partial charge in [0.15, 0.2) is 0 Å². The van der Waals surface area contributed by atoms with E-state index in [-0.39, 0.29) is 11.6 Å². The van der Waals surface area contributed by atoms with E-state index in [9.17, 15) is 8.78 Å². The lowest BCUT2D eigenvalue weighted by Gasteiger charge is -2.16. The Hall–Kier alpha value is -1.26. The third-order valence-electron chi connectivity index (χ3n) is 3.40. The number of nitrogens with one attached hydrogen (secondary N) is 1. The van der Waals surface area contributed by atoms with Gasteiger partial charge in [0.25, 0.3) is 0 Å². The minimum atomic E-state index is -0.503. The zero-order valence-corrected chi connectivity index (χ0v) is 13.3. The molecule has 0 bridgehead atoms. The van der Waals surface area contributed by atoms with E-state index in [1.807, 2.05) is 12.1 Å². The molecule has 0 fully saturated rings. The smallest absolute Gasteiger partial charge is 0.134 e. The molecule has 0 radical (unpaired) electrons. The second-order valence-corrected chi connectivity index (χ2v) is 6.21. The fraction of sp³-hybridized carbons (Fsp3) is 0.412. The molecule has 1 N–H and O–H groups in total. The van der Waals surface area contributed by atoms with Crippen molar-refractivity contribution in [2.75, 3.05) is 6.54 Å². The molecule has 21 heavy (non-hydrogen) atoms. The van der Waals surface area contributed by atoms with Crippen molar-refractivity contribution < 1.29 is 8.78 Å². The first-order chi connectivity index (χ1) is 10.2. The predicted octanol–water partition coefficient (Wildman–Crippen LogP) is 5.53. The highest BCUT2D eigenvalue weighted by atomic mass is 32.1. The molecule has 1 nitrogen and oxygen atoms in total.